The second-order valence-electron chi connectivity index (χ2n) is 20.8. The van der Waals surface area contributed by atoms with E-state index in [1.54, 1.807) is 55.2 Å². The van der Waals surface area contributed by atoms with Gasteiger partial charge in [-0.15, -0.1) is 32.9 Å². The van der Waals surface area contributed by atoms with E-state index in [2.05, 4.69) is 39.7 Å². The Labute approximate surface area is 465 Å². The van der Waals surface area contributed by atoms with Crippen LogP contribution in [0.5, 0.6) is 0 Å². The number of pyridine rings is 1. The number of hydrogen-bond acceptors (Lipinski definition) is 14. The van der Waals surface area contributed by atoms with Crippen LogP contribution in [0.1, 0.15) is 103 Å². The van der Waals surface area contributed by atoms with E-state index in [1.165, 1.54) is 15.5 Å². The summed E-state index contributed by atoms with van der Waals surface area (Å²) in [6.45, 7) is 15.0. The van der Waals surface area contributed by atoms with Crippen molar-refractivity contribution >= 4 is 63.7 Å². The normalized spacial score (nSPS) is 16.9. The van der Waals surface area contributed by atoms with E-state index in [0.29, 0.717) is 22.2 Å². The van der Waals surface area contributed by atoms with E-state index in [4.69, 9.17) is 26.1 Å². The summed E-state index contributed by atoms with van der Waals surface area (Å²) in [5.41, 5.74) is 9.62. The maximum atomic E-state index is 14.0. The summed E-state index contributed by atoms with van der Waals surface area (Å²) in [5.74, 6) is -0.707. The maximum Gasteiger partial charge on any atom is 0.332 e. The molecule has 0 radical (unpaired) electrons. The first-order chi connectivity index (χ1) is 37.2. The largest absolute Gasteiger partial charge is 0.450 e. The van der Waals surface area contributed by atoms with Crippen molar-refractivity contribution < 1.29 is 33.8 Å². The van der Waals surface area contributed by atoms with Gasteiger partial charge in [-0.3, -0.25) is 28.7 Å². The van der Waals surface area contributed by atoms with Crippen LogP contribution in [0.2, 0.25) is 5.02 Å². The van der Waals surface area contributed by atoms with Crippen LogP contribution in [-0.4, -0.2) is 102 Å². The average molecular weight is 1110 g/mol. The van der Waals surface area contributed by atoms with Crippen molar-refractivity contribution in [3.8, 4) is 26.6 Å². The van der Waals surface area contributed by atoms with Gasteiger partial charge in [-0.25, -0.2) is 9.78 Å². The molecule has 9 rings (SSSR count). The first-order valence-electron chi connectivity index (χ1n) is 25.7. The van der Waals surface area contributed by atoms with Gasteiger partial charge in [0, 0.05) is 64.8 Å². The number of aliphatic imine (C=N–C) groups is 1. The fourth-order valence-electron chi connectivity index (χ4n) is 9.73. The number of ether oxygens (including phenoxy) is 2. The molecule has 3 N–H and O–H groups in total. The SMILES string of the molecule is Cc1ncsc1-c1ccc(CNC(=O)[C@@H]2C[C@@H](O)CN2C(=O)C(OC(=O)COCCn2ccc(-c3ccc([C@@H](C)NC(=O)C[C@@H]4N=C(c5ccc(Cl)cc5)c5c(sc(C)c5C)-n5c(C)nnc54)cc3)cc2=O)C(C)(C)C)cc1. The number of likely N-dealkylation sites (tertiary alicyclic amines) is 1. The van der Waals surface area contributed by atoms with E-state index in [1.807, 2.05) is 104 Å². The molecule has 1 fully saturated rings. The zero-order valence-electron chi connectivity index (χ0n) is 44.7. The lowest BCUT2D eigenvalue weighted by atomic mass is 9.88. The summed E-state index contributed by atoms with van der Waals surface area (Å²) in [4.78, 5) is 80.9. The number of benzene rings is 3. The molecule has 3 amide bonds. The van der Waals surface area contributed by atoms with Crippen molar-refractivity contribution in [3.63, 3.8) is 0 Å². The van der Waals surface area contributed by atoms with Gasteiger partial charge in [0.15, 0.2) is 11.9 Å². The molecule has 0 aliphatic carbocycles. The van der Waals surface area contributed by atoms with Crippen molar-refractivity contribution in [3.05, 3.63) is 162 Å². The molecule has 7 aromatic rings. The number of β-amino-alcohol motifs (C(OH)–C–C–N with tert-alkyl or cyclic N) is 1. The predicted molar refractivity (Wildman–Crippen MR) is 301 cm³/mol. The third-order valence-corrected chi connectivity index (χ3v) is 16.5. The van der Waals surface area contributed by atoms with Crippen LogP contribution < -0.4 is 16.2 Å². The first kappa shape index (κ1) is 55.6. The second-order valence-corrected chi connectivity index (χ2v) is 23.3. The molecule has 6 heterocycles. The molecule has 2 aliphatic rings. The number of carbonyl (C=O) groups is 4. The average Bonchev–Trinajstić information content (AvgIpc) is 4.19. The maximum absolute atomic E-state index is 14.0. The van der Waals surface area contributed by atoms with Crippen LogP contribution in [-0.2, 0) is 41.7 Å². The Hall–Kier alpha value is -7.16. The minimum absolute atomic E-state index is 0.000101. The third kappa shape index (κ3) is 12.2. The number of esters is 1. The summed E-state index contributed by atoms with van der Waals surface area (Å²) >= 11 is 9.49. The predicted octanol–water partition coefficient (Wildman–Crippen LogP) is 8.58. The molecule has 1 saturated heterocycles. The van der Waals surface area contributed by atoms with Gasteiger partial charge in [-0.1, -0.05) is 93.0 Å². The summed E-state index contributed by atoms with van der Waals surface area (Å²) in [6.07, 6.45) is -0.475. The highest BCUT2D eigenvalue weighted by atomic mass is 35.5. The van der Waals surface area contributed by atoms with Gasteiger partial charge in [0.1, 0.15) is 29.5 Å². The minimum atomic E-state index is -1.27. The summed E-state index contributed by atoms with van der Waals surface area (Å²) < 4.78 is 14.8. The Bertz CT molecular complexity index is 3450. The fraction of sp³-hybridized carbons (Fsp3) is 0.362. The number of nitrogens with one attached hydrogen (secondary N) is 2. The van der Waals surface area contributed by atoms with Crippen LogP contribution in [0, 0.1) is 33.1 Å². The van der Waals surface area contributed by atoms with Crippen LogP contribution in [0.25, 0.3) is 26.6 Å². The number of nitrogens with zero attached hydrogens (tertiary/aromatic N) is 7. The van der Waals surface area contributed by atoms with Gasteiger partial charge >= 0.3 is 5.97 Å². The van der Waals surface area contributed by atoms with Gasteiger partial charge in [0.05, 0.1) is 47.0 Å². The molecular formula is C58H62ClN9O8S2. The van der Waals surface area contributed by atoms with Crippen molar-refractivity contribution in [1.29, 1.82) is 0 Å². The number of fused-ring (bicyclic) bond motifs is 3. The first-order valence-corrected chi connectivity index (χ1v) is 27.8. The summed E-state index contributed by atoms with van der Waals surface area (Å²) in [7, 11) is 0. The van der Waals surface area contributed by atoms with Crippen molar-refractivity contribution in [2.75, 3.05) is 19.8 Å². The molecule has 2 aliphatic heterocycles. The molecule has 0 spiro atoms. The topological polar surface area (TPSA) is 212 Å². The van der Waals surface area contributed by atoms with E-state index in [0.717, 1.165) is 65.1 Å². The van der Waals surface area contributed by atoms with E-state index >= 15 is 0 Å². The molecule has 0 saturated carbocycles. The van der Waals surface area contributed by atoms with Crippen LogP contribution >= 0.6 is 34.3 Å². The Morgan fingerprint density at radius 1 is 0.910 bits per heavy atom. The lowest BCUT2D eigenvalue weighted by molar-refractivity contribution is -0.172. The lowest BCUT2D eigenvalue weighted by Gasteiger charge is -2.34. The molecule has 5 atom stereocenters. The Morgan fingerprint density at radius 2 is 1.62 bits per heavy atom. The number of hydrogen-bond donors (Lipinski definition) is 3. The smallest absolute Gasteiger partial charge is 0.332 e. The Morgan fingerprint density at radius 3 is 2.29 bits per heavy atom. The van der Waals surface area contributed by atoms with Gasteiger partial charge in [-0.05, 0) is 86.2 Å². The van der Waals surface area contributed by atoms with Gasteiger partial charge < -0.3 is 34.7 Å². The van der Waals surface area contributed by atoms with Crippen LogP contribution in [0.3, 0.4) is 0 Å². The van der Waals surface area contributed by atoms with E-state index < -0.39 is 54.1 Å². The lowest BCUT2D eigenvalue weighted by Crippen LogP contribution is -2.53. The highest BCUT2D eigenvalue weighted by Crippen LogP contribution is 2.40. The zero-order valence-corrected chi connectivity index (χ0v) is 47.1. The Balaban J connectivity index is 0.760. The number of amides is 3. The number of halogens is 1. The monoisotopic (exact) mass is 1110 g/mol. The Kier molecular flexibility index (Phi) is 16.7. The highest BCUT2D eigenvalue weighted by molar-refractivity contribution is 7.15. The summed E-state index contributed by atoms with van der Waals surface area (Å²) in [5, 5.41) is 27.2. The molecular weight excluding hydrogens is 1050 g/mol. The summed E-state index contributed by atoms with van der Waals surface area (Å²) in [6, 6.07) is 24.4. The second kappa shape index (κ2) is 23.4. The number of aliphatic hydroxyl groups is 1. The van der Waals surface area contributed by atoms with Crippen LogP contribution in [0.4, 0.5) is 0 Å². The molecule has 1 unspecified atom stereocenters. The van der Waals surface area contributed by atoms with Gasteiger partial charge in [-0.2, -0.15) is 0 Å². The van der Waals surface area contributed by atoms with Crippen molar-refractivity contribution in [2.24, 2.45) is 10.4 Å². The number of aliphatic hydroxyl groups excluding tert-OH is 1. The number of aromatic nitrogens is 5. The molecule has 0 bridgehead atoms. The molecule has 17 nitrogen and oxygen atoms in total. The van der Waals surface area contributed by atoms with E-state index in [9.17, 15) is 29.1 Å². The van der Waals surface area contributed by atoms with Crippen molar-refractivity contribution in [2.45, 2.75) is 112 Å². The number of thiazole rings is 1. The van der Waals surface area contributed by atoms with Gasteiger partial charge in [0.2, 0.25) is 11.8 Å². The fourth-order valence-corrected chi connectivity index (χ4v) is 11.9. The third-order valence-electron chi connectivity index (χ3n) is 14.1. The number of carbonyl (C=O) groups excluding carboxylic acids is 4. The highest BCUT2D eigenvalue weighted by Gasteiger charge is 2.46. The standard InChI is InChI=1S/C58H62ClN9O8S2/c1-32-35(4)78-57-50(32)51(40-17-19-43(59)20-18-40)63-45(54-65-64-36(5)68(54)57)27-47(70)62-33(2)38-13-15-39(16-14-38)42-21-22-66(48(71)25-42)23-24-75-30-49(72)76-53(58(6,7)8)56(74)67-29-44(69)26-46(67)55(73)60-28-37-9-11-41(12-10-37)52-34(3)61-31-77-52/h9-22,25,31,33,44-46,53,69H,23-24,26-30H2,1-8H3,(H,60,73)(H,62,70)/t33-,44-,45+,46+,53?/m1/s1. The minimum Gasteiger partial charge on any atom is -0.450 e. The number of thiophene rings is 1. The van der Waals surface area contributed by atoms with Crippen molar-refractivity contribution in [1.82, 2.24) is 39.8 Å². The van der Waals surface area contributed by atoms with Crippen LogP contribution in [0.15, 0.2) is 106 Å². The molecule has 3 aromatic carbocycles. The quantitative estimate of drug-likeness (QED) is 0.0581. The zero-order chi connectivity index (χ0) is 55.6. The van der Waals surface area contributed by atoms with Gasteiger partial charge in [0.25, 0.3) is 11.5 Å². The number of rotatable bonds is 17. The molecule has 406 valence electrons. The molecule has 78 heavy (non-hydrogen) atoms. The number of aryl methyl sites for hydroxylation is 3. The molecule has 20 heteroatoms. The molecule has 4 aromatic heterocycles. The van der Waals surface area contributed by atoms with E-state index in [-0.39, 0.29) is 56.6 Å².